The van der Waals surface area contributed by atoms with Gasteiger partial charge in [-0.15, -0.1) is 0 Å². The Kier molecular flexibility index (Phi) is 3.42. The first-order valence-electron chi connectivity index (χ1n) is 3.84. The van der Waals surface area contributed by atoms with Crippen LogP contribution in [0.25, 0.3) is 6.08 Å². The Morgan fingerprint density at radius 1 is 1.60 bits per heavy atom. The van der Waals surface area contributed by atoms with Gasteiger partial charge in [0.15, 0.2) is 0 Å². The second-order valence-corrected chi connectivity index (χ2v) is 3.03. The first-order valence-corrected chi connectivity index (χ1v) is 4.22. The van der Waals surface area contributed by atoms with E-state index >= 15 is 0 Å². The summed E-state index contributed by atoms with van der Waals surface area (Å²) >= 11 is 5.61. The highest BCUT2D eigenvalue weighted by molar-refractivity contribution is 6.33. The number of halogens is 2. The van der Waals surface area contributed by atoms with Crippen LogP contribution in [0, 0.1) is 17.1 Å². The van der Waals surface area contributed by atoms with Crippen LogP contribution in [0.4, 0.5) is 4.39 Å². The van der Waals surface area contributed by atoms with Gasteiger partial charge in [-0.05, 0) is 18.2 Å². The minimum Gasteiger partial charge on any atom is -0.478 e. The van der Waals surface area contributed by atoms with Gasteiger partial charge in [0.25, 0.3) is 0 Å². The van der Waals surface area contributed by atoms with E-state index in [1.165, 1.54) is 6.08 Å². The third-order valence-electron chi connectivity index (χ3n) is 1.65. The number of nitrogens with zero attached hydrogens (tertiary/aromatic N) is 1. The average Bonchev–Trinajstić information content (AvgIpc) is 2.18. The smallest absolute Gasteiger partial charge is 0.337 e. The van der Waals surface area contributed by atoms with Gasteiger partial charge >= 0.3 is 5.97 Å². The Hall–Kier alpha value is -1.86. The van der Waals surface area contributed by atoms with E-state index in [0.717, 1.165) is 18.2 Å². The van der Waals surface area contributed by atoms with Crippen LogP contribution in [0.5, 0.6) is 0 Å². The number of nitriles is 1. The minimum atomic E-state index is -1.30. The monoisotopic (exact) mass is 225 g/mol. The fourth-order valence-corrected chi connectivity index (χ4v) is 1.23. The van der Waals surface area contributed by atoms with E-state index in [0.29, 0.717) is 0 Å². The molecule has 0 radical (unpaired) electrons. The molecule has 0 fully saturated rings. The predicted molar refractivity (Wildman–Crippen MR) is 53.0 cm³/mol. The Bertz CT molecular complexity index is 477. The summed E-state index contributed by atoms with van der Waals surface area (Å²) in [5.74, 6) is -2.03. The number of hydrogen-bond acceptors (Lipinski definition) is 2. The maximum Gasteiger partial charge on any atom is 0.337 e. The van der Waals surface area contributed by atoms with Crippen molar-refractivity contribution in [1.29, 1.82) is 5.26 Å². The molecule has 3 nitrogen and oxygen atoms in total. The van der Waals surface area contributed by atoms with Crippen molar-refractivity contribution in [1.82, 2.24) is 0 Å². The maximum absolute atomic E-state index is 13.2. The first-order chi connectivity index (χ1) is 7.06. The van der Waals surface area contributed by atoms with Gasteiger partial charge in [0.05, 0.1) is 16.7 Å². The Labute approximate surface area is 90.0 Å². The highest BCUT2D eigenvalue weighted by Crippen LogP contribution is 2.21. The largest absolute Gasteiger partial charge is 0.478 e. The molecule has 0 aliphatic carbocycles. The second kappa shape index (κ2) is 4.58. The molecule has 0 saturated carbocycles. The molecule has 0 atom stereocenters. The molecule has 1 aromatic carbocycles. The molecule has 0 aliphatic rings. The van der Waals surface area contributed by atoms with Gasteiger partial charge in [-0.1, -0.05) is 11.6 Å². The molecule has 0 bridgehead atoms. The number of carboxylic acid groups (broad SMARTS) is 1. The van der Waals surface area contributed by atoms with Crippen molar-refractivity contribution in [3.63, 3.8) is 0 Å². The number of hydrogen-bond donors (Lipinski definition) is 1. The van der Waals surface area contributed by atoms with Crippen LogP contribution < -0.4 is 0 Å². The van der Waals surface area contributed by atoms with Gasteiger partial charge in [-0.3, -0.25) is 0 Å². The summed E-state index contributed by atoms with van der Waals surface area (Å²) in [6, 6.07) is 3.68. The number of rotatable bonds is 2. The molecule has 15 heavy (non-hydrogen) atoms. The summed E-state index contributed by atoms with van der Waals surface area (Å²) < 4.78 is 13.2. The molecular weight excluding hydrogens is 221 g/mol. The van der Waals surface area contributed by atoms with Crippen LogP contribution in [0.3, 0.4) is 0 Å². The van der Waals surface area contributed by atoms with E-state index in [1.807, 2.05) is 0 Å². The average molecular weight is 226 g/mol. The van der Waals surface area contributed by atoms with Crippen LogP contribution >= 0.6 is 11.6 Å². The maximum atomic E-state index is 13.2. The zero-order valence-electron chi connectivity index (χ0n) is 7.37. The van der Waals surface area contributed by atoms with Crippen molar-refractivity contribution < 1.29 is 14.3 Å². The fraction of sp³-hybridized carbons (Fsp3) is 0. The van der Waals surface area contributed by atoms with E-state index in [9.17, 15) is 9.18 Å². The lowest BCUT2D eigenvalue weighted by molar-refractivity contribution is 0.0696. The number of benzene rings is 1. The van der Waals surface area contributed by atoms with Gasteiger partial charge in [0, 0.05) is 11.6 Å². The lowest BCUT2D eigenvalue weighted by Crippen LogP contribution is -1.99. The quantitative estimate of drug-likeness (QED) is 0.788. The summed E-state index contributed by atoms with van der Waals surface area (Å²) in [6.07, 6.45) is 2.29. The Balaban J connectivity index is 3.26. The summed E-state index contributed by atoms with van der Waals surface area (Å²) in [7, 11) is 0. The summed E-state index contributed by atoms with van der Waals surface area (Å²) in [5.41, 5.74) is -0.227. The third-order valence-corrected chi connectivity index (χ3v) is 1.97. The normalized spacial score (nSPS) is 10.2. The second-order valence-electron chi connectivity index (χ2n) is 2.62. The lowest BCUT2D eigenvalue weighted by Gasteiger charge is -2.01. The molecule has 0 spiro atoms. The topological polar surface area (TPSA) is 61.1 Å². The van der Waals surface area contributed by atoms with Crippen molar-refractivity contribution >= 4 is 23.6 Å². The van der Waals surface area contributed by atoms with Crippen LogP contribution in [-0.2, 0) is 0 Å². The molecule has 1 rings (SSSR count). The van der Waals surface area contributed by atoms with Crippen LogP contribution in [0.2, 0.25) is 5.02 Å². The number of carbonyl (C=O) groups is 1. The first kappa shape index (κ1) is 11.2. The van der Waals surface area contributed by atoms with Crippen LogP contribution in [0.1, 0.15) is 15.9 Å². The van der Waals surface area contributed by atoms with E-state index in [2.05, 4.69) is 0 Å². The summed E-state index contributed by atoms with van der Waals surface area (Å²) in [4.78, 5) is 10.6. The SMILES string of the molecule is N#CC=Cc1cc(Cl)c(C(=O)O)cc1F. The van der Waals surface area contributed by atoms with Gasteiger partial charge < -0.3 is 5.11 Å². The Morgan fingerprint density at radius 2 is 2.27 bits per heavy atom. The molecule has 0 unspecified atom stereocenters. The van der Waals surface area contributed by atoms with Gasteiger partial charge in [-0.2, -0.15) is 5.26 Å². The summed E-state index contributed by atoms with van der Waals surface area (Å²) in [6.45, 7) is 0. The van der Waals surface area contributed by atoms with Crippen molar-refractivity contribution in [3.8, 4) is 6.07 Å². The van der Waals surface area contributed by atoms with Crippen molar-refractivity contribution in [2.24, 2.45) is 0 Å². The Morgan fingerprint density at radius 3 is 2.80 bits per heavy atom. The molecule has 0 aromatic heterocycles. The fourth-order valence-electron chi connectivity index (χ4n) is 0.981. The predicted octanol–water partition coefficient (Wildman–Crippen LogP) is 2.71. The third kappa shape index (κ3) is 2.55. The van der Waals surface area contributed by atoms with Gasteiger partial charge in [0.1, 0.15) is 5.82 Å². The van der Waals surface area contributed by atoms with E-state index in [4.69, 9.17) is 22.0 Å². The molecule has 0 aliphatic heterocycles. The molecule has 1 N–H and O–H groups in total. The van der Waals surface area contributed by atoms with Crippen molar-refractivity contribution in [3.05, 3.63) is 40.2 Å². The number of carboxylic acids is 1. The summed E-state index contributed by atoms with van der Waals surface area (Å²) in [5, 5.41) is 16.8. The molecule has 0 heterocycles. The molecule has 76 valence electrons. The number of allylic oxidation sites excluding steroid dienone is 1. The highest BCUT2D eigenvalue weighted by atomic mass is 35.5. The number of aromatic carboxylic acids is 1. The van der Waals surface area contributed by atoms with Crippen molar-refractivity contribution in [2.45, 2.75) is 0 Å². The highest BCUT2D eigenvalue weighted by Gasteiger charge is 2.12. The van der Waals surface area contributed by atoms with Crippen LogP contribution in [-0.4, -0.2) is 11.1 Å². The minimum absolute atomic E-state index is 0.0681. The van der Waals surface area contributed by atoms with Crippen molar-refractivity contribution in [2.75, 3.05) is 0 Å². The van der Waals surface area contributed by atoms with E-state index in [1.54, 1.807) is 6.07 Å². The van der Waals surface area contributed by atoms with E-state index in [-0.39, 0.29) is 16.1 Å². The molecule has 5 heteroatoms. The molecule has 0 saturated heterocycles. The lowest BCUT2D eigenvalue weighted by atomic mass is 10.1. The van der Waals surface area contributed by atoms with Gasteiger partial charge in [0.2, 0.25) is 0 Å². The van der Waals surface area contributed by atoms with Gasteiger partial charge in [-0.25, -0.2) is 9.18 Å². The zero-order chi connectivity index (χ0) is 11.4. The molecular formula is C10H5ClFNO2. The standard InChI is InChI=1S/C10H5ClFNO2/c11-8-4-6(2-1-3-13)9(12)5-7(8)10(14)15/h1-2,4-5H,(H,14,15). The zero-order valence-corrected chi connectivity index (χ0v) is 8.12. The molecule has 0 amide bonds. The van der Waals surface area contributed by atoms with E-state index < -0.39 is 11.8 Å². The van der Waals surface area contributed by atoms with Crippen LogP contribution in [0.15, 0.2) is 18.2 Å². The molecule has 1 aromatic rings.